The molecule has 2 amide bonds. The van der Waals surface area contributed by atoms with E-state index in [1.165, 1.54) is 12.1 Å². The number of carboxylic acids is 1. The maximum Gasteiger partial charge on any atom is 0.428 e. The molecule has 0 spiro atoms. The van der Waals surface area contributed by atoms with Crippen LogP contribution in [0.25, 0.3) is 0 Å². The first-order chi connectivity index (χ1) is 18.6. The largest absolute Gasteiger partial charge is 0.490 e. The summed E-state index contributed by atoms with van der Waals surface area (Å²) in [7, 11) is 0. The Balaban J connectivity index is 1.23. The summed E-state index contributed by atoms with van der Waals surface area (Å²) in [6.45, 7) is -0.128. The van der Waals surface area contributed by atoms with Crippen LogP contribution in [-0.2, 0) is 14.3 Å². The summed E-state index contributed by atoms with van der Waals surface area (Å²) in [5, 5.41) is 14.1. The summed E-state index contributed by atoms with van der Waals surface area (Å²) in [4.78, 5) is 39.8. The van der Waals surface area contributed by atoms with Crippen LogP contribution >= 0.6 is 0 Å². The van der Waals surface area contributed by atoms with E-state index in [9.17, 15) is 27.6 Å². The number of alkyl halides is 3. The zero-order valence-electron chi connectivity index (χ0n) is 20.8. The normalized spacial score (nSPS) is 22.8. The quantitative estimate of drug-likeness (QED) is 0.414. The molecule has 39 heavy (non-hydrogen) atoms. The van der Waals surface area contributed by atoms with Gasteiger partial charge >= 0.3 is 12.1 Å². The van der Waals surface area contributed by atoms with Crippen LogP contribution < -0.4 is 15.4 Å². The number of ether oxygens (including phenoxy) is 2. The van der Waals surface area contributed by atoms with Crippen LogP contribution in [0, 0.1) is 5.92 Å². The van der Waals surface area contributed by atoms with Crippen LogP contribution in [-0.4, -0.2) is 66.3 Å². The molecule has 0 radical (unpaired) electrons. The minimum Gasteiger partial charge on any atom is -0.490 e. The molecule has 2 aromatic rings. The van der Waals surface area contributed by atoms with Crippen molar-refractivity contribution >= 4 is 23.7 Å². The Hall–Kier alpha value is -4.09. The highest BCUT2D eigenvalue weighted by molar-refractivity contribution is 5.99. The van der Waals surface area contributed by atoms with Crippen molar-refractivity contribution in [1.82, 2.24) is 10.6 Å². The number of nitrogens with zero attached hydrogens (tertiary/aromatic N) is 1. The van der Waals surface area contributed by atoms with Crippen LogP contribution in [0.15, 0.2) is 59.6 Å². The zero-order chi connectivity index (χ0) is 28.0. The molecule has 2 unspecified atom stereocenters. The molecule has 2 atom stereocenters. The van der Waals surface area contributed by atoms with Crippen LogP contribution in [0.2, 0.25) is 0 Å². The van der Waals surface area contributed by atoms with Crippen molar-refractivity contribution in [3.8, 4) is 5.75 Å². The Morgan fingerprint density at radius 1 is 0.949 bits per heavy atom. The van der Waals surface area contributed by atoms with Crippen LogP contribution in [0.3, 0.4) is 0 Å². The third kappa shape index (κ3) is 7.27. The first kappa shape index (κ1) is 27.9. The number of hydrogen-bond donors (Lipinski definition) is 3. The van der Waals surface area contributed by atoms with Gasteiger partial charge in [-0.1, -0.05) is 18.2 Å². The van der Waals surface area contributed by atoms with Gasteiger partial charge in [-0.05, 0) is 62.1 Å². The average molecular weight is 548 g/mol. The fraction of sp³-hybridized carbons (Fsp3) is 0.407. The van der Waals surface area contributed by atoms with Crippen LogP contribution in [0.4, 0.5) is 13.2 Å². The summed E-state index contributed by atoms with van der Waals surface area (Å²) >= 11 is 0. The fourth-order valence-electron chi connectivity index (χ4n) is 4.45. The van der Waals surface area contributed by atoms with Gasteiger partial charge in [-0.2, -0.15) is 13.2 Å². The van der Waals surface area contributed by atoms with E-state index in [1.807, 2.05) is 0 Å². The number of nitrogens with one attached hydrogen (secondary N) is 2. The Labute approximate surface area is 222 Å². The molecule has 1 fully saturated rings. The summed E-state index contributed by atoms with van der Waals surface area (Å²) < 4.78 is 51.3. The number of benzene rings is 2. The summed E-state index contributed by atoms with van der Waals surface area (Å²) in [5.41, 5.74) is 0.665. The highest BCUT2D eigenvalue weighted by Gasteiger charge is 2.53. The van der Waals surface area contributed by atoms with E-state index in [1.54, 1.807) is 42.5 Å². The van der Waals surface area contributed by atoms with E-state index in [0.29, 0.717) is 42.6 Å². The van der Waals surface area contributed by atoms with Gasteiger partial charge in [-0.3, -0.25) is 14.4 Å². The fourth-order valence-corrected chi connectivity index (χ4v) is 4.45. The van der Waals surface area contributed by atoms with Gasteiger partial charge in [0.25, 0.3) is 5.91 Å². The molecule has 0 bridgehead atoms. The molecular weight excluding hydrogens is 519 g/mol. The Bertz CT molecular complexity index is 1200. The lowest BCUT2D eigenvalue weighted by molar-refractivity contribution is -0.199. The number of amides is 2. The summed E-state index contributed by atoms with van der Waals surface area (Å²) in [5.74, 6) is -2.21. The highest BCUT2D eigenvalue weighted by Crippen LogP contribution is 2.32. The maximum absolute atomic E-state index is 13.5. The van der Waals surface area contributed by atoms with Crippen molar-refractivity contribution in [3.05, 3.63) is 65.7 Å². The van der Waals surface area contributed by atoms with E-state index < -0.39 is 36.1 Å². The molecule has 9 nitrogen and oxygen atoms in total. The van der Waals surface area contributed by atoms with Gasteiger partial charge in [0.1, 0.15) is 5.75 Å². The van der Waals surface area contributed by atoms with Gasteiger partial charge in [-0.25, -0.2) is 4.99 Å². The number of hydrogen-bond acceptors (Lipinski definition) is 6. The van der Waals surface area contributed by atoms with Gasteiger partial charge in [0.05, 0.1) is 12.0 Å². The lowest BCUT2D eigenvalue weighted by Crippen LogP contribution is -2.47. The molecule has 0 aromatic heterocycles. The number of aliphatic imine (C=N–C) groups is 1. The molecule has 12 heteroatoms. The van der Waals surface area contributed by atoms with Crippen molar-refractivity contribution < 1.29 is 42.1 Å². The second kappa shape index (κ2) is 12.2. The molecule has 1 aliphatic heterocycles. The molecule has 1 heterocycles. The second-order valence-corrected chi connectivity index (χ2v) is 9.33. The van der Waals surface area contributed by atoms with Crippen LogP contribution in [0.5, 0.6) is 5.75 Å². The smallest absolute Gasteiger partial charge is 0.428 e. The lowest BCUT2D eigenvalue weighted by Gasteiger charge is -2.26. The number of rotatable bonds is 9. The molecule has 1 saturated carbocycles. The molecule has 3 N–H and O–H groups in total. The van der Waals surface area contributed by atoms with Crippen molar-refractivity contribution in [2.75, 3.05) is 13.1 Å². The number of aliphatic carboxylic acids is 1. The minimum absolute atomic E-state index is 0.0187. The molecule has 1 aliphatic carbocycles. The minimum atomic E-state index is -4.80. The number of carbonyl (C=O) groups is 3. The number of carboxylic acid groups (broad SMARTS) is 1. The van der Waals surface area contributed by atoms with Crippen molar-refractivity contribution in [1.29, 1.82) is 0 Å². The Kier molecular flexibility index (Phi) is 8.72. The lowest BCUT2D eigenvalue weighted by atomic mass is 9.87. The van der Waals surface area contributed by atoms with Gasteiger partial charge < -0.3 is 25.2 Å². The number of carbonyl (C=O) groups excluding carboxylic acids is 2. The van der Waals surface area contributed by atoms with Crippen molar-refractivity contribution in [2.45, 2.75) is 50.1 Å². The summed E-state index contributed by atoms with van der Waals surface area (Å²) in [6, 6.07) is 12.6. The first-order valence-electron chi connectivity index (χ1n) is 12.5. The Morgan fingerprint density at radius 3 is 2.21 bits per heavy atom. The molecule has 4 rings (SSSR count). The summed E-state index contributed by atoms with van der Waals surface area (Å²) in [6.07, 6.45) is -4.90. The molecule has 208 valence electrons. The molecular formula is C27H28F3N3O6. The second-order valence-electron chi connectivity index (χ2n) is 9.33. The van der Waals surface area contributed by atoms with Gasteiger partial charge in [0.2, 0.25) is 17.9 Å². The maximum atomic E-state index is 13.5. The number of halogens is 3. The third-order valence-corrected chi connectivity index (χ3v) is 6.55. The van der Waals surface area contributed by atoms with Crippen molar-refractivity contribution in [3.63, 3.8) is 0 Å². The predicted molar refractivity (Wildman–Crippen MR) is 133 cm³/mol. The molecule has 2 aromatic carbocycles. The van der Waals surface area contributed by atoms with Crippen LogP contribution in [0.1, 0.15) is 41.6 Å². The predicted octanol–water partition coefficient (Wildman–Crippen LogP) is 3.33. The van der Waals surface area contributed by atoms with E-state index in [4.69, 9.17) is 14.6 Å². The third-order valence-electron chi connectivity index (χ3n) is 6.55. The monoisotopic (exact) mass is 547 g/mol. The topological polar surface area (TPSA) is 126 Å². The van der Waals surface area contributed by atoms with E-state index in [2.05, 4.69) is 15.6 Å². The zero-order valence-corrected chi connectivity index (χ0v) is 20.8. The van der Waals surface area contributed by atoms with Gasteiger partial charge in [-0.15, -0.1) is 0 Å². The van der Waals surface area contributed by atoms with Crippen molar-refractivity contribution in [2.24, 2.45) is 10.9 Å². The first-order valence-corrected chi connectivity index (χ1v) is 12.5. The highest BCUT2D eigenvalue weighted by atomic mass is 19.4. The Morgan fingerprint density at radius 2 is 1.59 bits per heavy atom. The van der Waals surface area contributed by atoms with E-state index in [0.717, 1.165) is 0 Å². The van der Waals surface area contributed by atoms with Gasteiger partial charge in [0.15, 0.2) is 6.04 Å². The molecule has 2 aliphatic rings. The standard InChI is InChI=1S/C27H28F3N3O6/c28-27(29,30)22-21(33-25(39-22)17-4-2-1-3-5-17)24(35)32-15-14-31-23(34)16-6-10-19(11-7-16)38-20-12-8-18(9-13-20)26(36)37/h1-7,10-11,18,20-22H,8-9,12-15H2,(H,31,34)(H,32,35)(H,36,37). The van der Waals surface area contributed by atoms with E-state index >= 15 is 0 Å². The van der Waals surface area contributed by atoms with E-state index in [-0.39, 0.29) is 31.0 Å². The molecule has 0 saturated heterocycles. The van der Waals surface area contributed by atoms with Gasteiger partial charge in [0, 0.05) is 24.2 Å². The average Bonchev–Trinajstić information content (AvgIpc) is 3.39. The SMILES string of the molecule is O=C(NCCNC(=O)C1N=C(c2ccccc2)OC1C(F)(F)F)c1ccc(OC2CCC(C(=O)O)CC2)cc1.